The van der Waals surface area contributed by atoms with Crippen LogP contribution in [0.3, 0.4) is 0 Å². The van der Waals surface area contributed by atoms with Crippen molar-refractivity contribution < 1.29 is 9.53 Å². The van der Waals surface area contributed by atoms with Gasteiger partial charge in [0.15, 0.2) is 0 Å². The molecule has 3 rings (SSSR count). The summed E-state index contributed by atoms with van der Waals surface area (Å²) in [4.78, 5) is 23.8. The van der Waals surface area contributed by atoms with Crippen molar-refractivity contribution in [2.24, 2.45) is 0 Å². The lowest BCUT2D eigenvalue weighted by atomic mass is 10.1. The van der Waals surface area contributed by atoms with Crippen LogP contribution in [0.2, 0.25) is 0 Å². The minimum atomic E-state index is -0.479. The number of hydrogen-bond acceptors (Lipinski definition) is 5. The minimum absolute atomic E-state index is 0.0177. The number of nitriles is 1. The van der Waals surface area contributed by atoms with Gasteiger partial charge in [0, 0.05) is 10.9 Å². The molecule has 0 aliphatic rings. The molecule has 0 aliphatic carbocycles. The number of aromatic nitrogens is 2. The molecule has 3 aromatic rings. The smallest absolute Gasteiger partial charge is 0.312 e. The van der Waals surface area contributed by atoms with E-state index in [1.54, 1.807) is 48.5 Å². The topological polar surface area (TPSA) is 95.8 Å². The molecule has 0 aliphatic heterocycles. The van der Waals surface area contributed by atoms with Crippen LogP contribution in [-0.2, 0) is 22.6 Å². The van der Waals surface area contributed by atoms with Crippen LogP contribution in [0.15, 0.2) is 53.3 Å². The van der Waals surface area contributed by atoms with Gasteiger partial charge in [-0.05, 0) is 12.1 Å². The molecule has 0 spiro atoms. The Balaban J connectivity index is 1.75. The van der Waals surface area contributed by atoms with Crippen molar-refractivity contribution in [2.75, 3.05) is 0 Å². The number of hydrogen-bond donors (Lipinski definition) is 1. The SMILES string of the molecule is N#Cc1ccccc1COC(=O)Cc1n[nH]c(=O)c2ccccc12. The van der Waals surface area contributed by atoms with E-state index in [9.17, 15) is 9.59 Å². The lowest BCUT2D eigenvalue weighted by molar-refractivity contribution is -0.144. The molecule has 6 heteroatoms. The fourth-order valence-electron chi connectivity index (χ4n) is 2.41. The van der Waals surface area contributed by atoms with Gasteiger partial charge in [0.25, 0.3) is 5.56 Å². The minimum Gasteiger partial charge on any atom is -0.460 e. The van der Waals surface area contributed by atoms with Crippen molar-refractivity contribution in [3.63, 3.8) is 0 Å². The van der Waals surface area contributed by atoms with Crippen molar-refractivity contribution in [1.82, 2.24) is 10.2 Å². The molecular formula is C18H13N3O3. The first-order valence-electron chi connectivity index (χ1n) is 7.29. The highest BCUT2D eigenvalue weighted by Crippen LogP contribution is 2.14. The van der Waals surface area contributed by atoms with E-state index in [1.807, 2.05) is 0 Å². The molecule has 0 radical (unpaired) electrons. The van der Waals surface area contributed by atoms with Crippen LogP contribution in [0.1, 0.15) is 16.8 Å². The number of rotatable bonds is 4. The zero-order valence-corrected chi connectivity index (χ0v) is 12.7. The maximum atomic E-state index is 12.1. The summed E-state index contributed by atoms with van der Waals surface area (Å²) in [6.07, 6.45) is -0.0635. The van der Waals surface area contributed by atoms with Crippen molar-refractivity contribution in [2.45, 2.75) is 13.0 Å². The summed E-state index contributed by atoms with van der Waals surface area (Å²) >= 11 is 0. The van der Waals surface area contributed by atoms with Crippen LogP contribution in [0.4, 0.5) is 0 Å². The highest BCUT2D eigenvalue weighted by atomic mass is 16.5. The Morgan fingerprint density at radius 3 is 2.62 bits per heavy atom. The summed E-state index contributed by atoms with van der Waals surface area (Å²) < 4.78 is 5.23. The van der Waals surface area contributed by atoms with E-state index in [2.05, 4.69) is 16.3 Å². The van der Waals surface area contributed by atoms with E-state index in [0.29, 0.717) is 27.6 Å². The first-order chi connectivity index (χ1) is 11.7. The Morgan fingerprint density at radius 1 is 1.12 bits per heavy atom. The van der Waals surface area contributed by atoms with Gasteiger partial charge in [0.05, 0.1) is 29.1 Å². The molecule has 2 aromatic carbocycles. The summed E-state index contributed by atoms with van der Waals surface area (Å²) in [5.74, 6) is -0.479. The van der Waals surface area contributed by atoms with E-state index >= 15 is 0 Å². The lowest BCUT2D eigenvalue weighted by Gasteiger charge is -2.07. The Hall–Kier alpha value is -3.46. The molecule has 24 heavy (non-hydrogen) atoms. The number of H-pyrrole nitrogens is 1. The summed E-state index contributed by atoms with van der Waals surface area (Å²) in [6, 6.07) is 15.9. The highest BCUT2D eigenvalue weighted by Gasteiger charge is 2.12. The largest absolute Gasteiger partial charge is 0.460 e. The second kappa shape index (κ2) is 6.75. The predicted octanol–water partition coefficient (Wildman–Crippen LogP) is 2.08. The molecule has 0 atom stereocenters. The molecule has 0 fully saturated rings. The summed E-state index contributed by atoms with van der Waals surface area (Å²) in [7, 11) is 0. The second-order valence-corrected chi connectivity index (χ2v) is 5.15. The number of carbonyl (C=O) groups is 1. The number of ether oxygens (including phenoxy) is 1. The molecule has 1 heterocycles. The molecule has 0 amide bonds. The summed E-state index contributed by atoms with van der Waals surface area (Å²) in [5, 5.41) is 16.5. The maximum absolute atomic E-state index is 12.1. The van der Waals surface area contributed by atoms with Gasteiger partial charge in [-0.1, -0.05) is 36.4 Å². The fraction of sp³-hybridized carbons (Fsp3) is 0.111. The average Bonchev–Trinajstić information content (AvgIpc) is 2.63. The standard InChI is InChI=1S/C18H13N3O3/c19-10-12-5-1-2-6-13(12)11-24-17(22)9-16-14-7-3-4-8-15(14)18(23)21-20-16/h1-8H,9,11H2,(H,21,23). The number of benzene rings is 2. The van der Waals surface area contributed by atoms with Crippen LogP contribution in [0.25, 0.3) is 10.8 Å². The van der Waals surface area contributed by atoms with Gasteiger partial charge < -0.3 is 4.74 Å². The van der Waals surface area contributed by atoms with Crippen LogP contribution in [-0.4, -0.2) is 16.2 Å². The van der Waals surface area contributed by atoms with Crippen molar-refractivity contribution in [3.05, 3.63) is 75.7 Å². The summed E-state index contributed by atoms with van der Waals surface area (Å²) in [5.41, 5.74) is 1.26. The first kappa shape index (κ1) is 15.4. The van der Waals surface area contributed by atoms with Crippen LogP contribution >= 0.6 is 0 Å². The Kier molecular flexibility index (Phi) is 4.34. The number of nitrogens with zero attached hydrogens (tertiary/aromatic N) is 2. The van der Waals surface area contributed by atoms with Crippen LogP contribution < -0.4 is 5.56 Å². The molecule has 118 valence electrons. The van der Waals surface area contributed by atoms with E-state index in [4.69, 9.17) is 10.00 Å². The highest BCUT2D eigenvalue weighted by molar-refractivity contribution is 5.86. The lowest BCUT2D eigenvalue weighted by Crippen LogP contribution is -2.15. The van der Waals surface area contributed by atoms with Gasteiger partial charge in [0.1, 0.15) is 6.61 Å². The fourth-order valence-corrected chi connectivity index (χ4v) is 2.41. The Labute approximate surface area is 137 Å². The average molecular weight is 319 g/mol. The molecule has 0 saturated heterocycles. The van der Waals surface area contributed by atoms with Gasteiger partial charge in [-0.15, -0.1) is 0 Å². The van der Waals surface area contributed by atoms with Gasteiger partial charge in [-0.2, -0.15) is 10.4 Å². The van der Waals surface area contributed by atoms with Crippen LogP contribution in [0.5, 0.6) is 0 Å². The molecule has 0 unspecified atom stereocenters. The van der Waals surface area contributed by atoms with E-state index in [0.717, 1.165) is 0 Å². The van der Waals surface area contributed by atoms with Gasteiger partial charge >= 0.3 is 5.97 Å². The van der Waals surface area contributed by atoms with Gasteiger partial charge in [-0.3, -0.25) is 9.59 Å². The van der Waals surface area contributed by atoms with Crippen LogP contribution in [0, 0.1) is 11.3 Å². The predicted molar refractivity (Wildman–Crippen MR) is 87.0 cm³/mol. The second-order valence-electron chi connectivity index (χ2n) is 5.15. The molecule has 0 bridgehead atoms. The van der Waals surface area contributed by atoms with E-state index < -0.39 is 5.97 Å². The first-order valence-corrected chi connectivity index (χ1v) is 7.29. The van der Waals surface area contributed by atoms with Crippen molar-refractivity contribution in [1.29, 1.82) is 5.26 Å². The molecule has 0 saturated carbocycles. The van der Waals surface area contributed by atoms with E-state index in [-0.39, 0.29) is 18.6 Å². The maximum Gasteiger partial charge on any atom is 0.312 e. The van der Waals surface area contributed by atoms with Crippen molar-refractivity contribution >= 4 is 16.7 Å². The third-order valence-corrected chi connectivity index (χ3v) is 3.61. The third-order valence-electron chi connectivity index (χ3n) is 3.61. The molecule has 1 N–H and O–H groups in total. The van der Waals surface area contributed by atoms with Gasteiger partial charge in [0.2, 0.25) is 0 Å². The monoisotopic (exact) mass is 319 g/mol. The number of esters is 1. The zero-order valence-electron chi connectivity index (χ0n) is 12.7. The van der Waals surface area contributed by atoms with Crippen molar-refractivity contribution in [3.8, 4) is 6.07 Å². The Morgan fingerprint density at radius 2 is 1.83 bits per heavy atom. The molecule has 6 nitrogen and oxygen atoms in total. The van der Waals surface area contributed by atoms with Gasteiger partial charge in [-0.25, -0.2) is 5.10 Å². The zero-order chi connectivity index (χ0) is 16.9. The molecule has 1 aromatic heterocycles. The van der Waals surface area contributed by atoms with E-state index in [1.165, 1.54) is 0 Å². The number of carbonyl (C=O) groups excluding carboxylic acids is 1. The molecular weight excluding hydrogens is 306 g/mol. The quantitative estimate of drug-likeness (QED) is 0.743. The normalized spacial score (nSPS) is 10.3. The number of nitrogens with one attached hydrogen (secondary N) is 1. The third kappa shape index (κ3) is 3.15. The summed E-state index contributed by atoms with van der Waals surface area (Å²) in [6.45, 7) is 0.0177. The Bertz CT molecular complexity index is 1000. The number of aromatic amines is 1. The number of fused-ring (bicyclic) bond motifs is 1.